The van der Waals surface area contributed by atoms with Crippen molar-refractivity contribution in [3.63, 3.8) is 0 Å². The van der Waals surface area contributed by atoms with Gasteiger partial charge in [-0.05, 0) is 12.5 Å². The number of rotatable bonds is 4. The largest absolute Gasteiger partial charge is 0.469 e. The third-order valence-corrected chi connectivity index (χ3v) is 4.60. The Kier molecular flexibility index (Phi) is 4.39. The summed E-state index contributed by atoms with van der Waals surface area (Å²) in [7, 11) is 3.26. The molecule has 0 radical (unpaired) electrons. The highest BCUT2D eigenvalue weighted by Crippen LogP contribution is 2.36. The molecular weight excluding hydrogens is 326 g/mol. The third-order valence-electron chi connectivity index (χ3n) is 4.60. The number of anilines is 1. The SMILES string of the molecule is COC(=O)[C@@H]1CN(c2ncc([N+](=O)[O-])cc2C)C[C@H]1c1cncn1C. The van der Waals surface area contributed by atoms with Crippen molar-refractivity contribution in [3.8, 4) is 0 Å². The van der Waals surface area contributed by atoms with Gasteiger partial charge in [-0.25, -0.2) is 9.97 Å². The smallest absolute Gasteiger partial charge is 0.311 e. The quantitative estimate of drug-likeness (QED) is 0.469. The lowest BCUT2D eigenvalue weighted by molar-refractivity contribution is -0.385. The number of imidazole rings is 1. The summed E-state index contributed by atoms with van der Waals surface area (Å²) in [6.45, 7) is 2.78. The number of aromatic nitrogens is 3. The number of ether oxygens (including phenoxy) is 1. The summed E-state index contributed by atoms with van der Waals surface area (Å²) in [6.07, 6.45) is 4.69. The lowest BCUT2D eigenvalue weighted by Crippen LogP contribution is -2.25. The number of methoxy groups -OCH3 is 1. The molecule has 0 aliphatic carbocycles. The van der Waals surface area contributed by atoms with Crippen LogP contribution in [0.15, 0.2) is 24.8 Å². The van der Waals surface area contributed by atoms with Crippen molar-refractivity contribution < 1.29 is 14.5 Å². The van der Waals surface area contributed by atoms with E-state index in [0.29, 0.717) is 24.5 Å². The number of hydrogen-bond donors (Lipinski definition) is 0. The number of pyridine rings is 1. The Morgan fingerprint density at radius 2 is 2.16 bits per heavy atom. The van der Waals surface area contributed by atoms with Gasteiger partial charge in [-0.15, -0.1) is 0 Å². The standard InChI is InChI=1S/C16H19N5O4/c1-10-4-11(21(23)24)5-18-15(10)20-7-12(13(8-20)16(22)25-3)14-6-17-9-19(14)2/h4-6,9,12-13H,7-8H2,1-3H3/t12-,13-/m1/s1. The summed E-state index contributed by atoms with van der Waals surface area (Å²) in [4.78, 5) is 33.0. The molecule has 3 heterocycles. The second kappa shape index (κ2) is 6.50. The zero-order chi connectivity index (χ0) is 18.1. The number of aryl methyl sites for hydroxylation is 2. The molecule has 2 atom stereocenters. The Hall–Kier alpha value is -2.97. The minimum absolute atomic E-state index is 0.0480. The maximum atomic E-state index is 12.2. The second-order valence-electron chi connectivity index (χ2n) is 6.16. The Balaban J connectivity index is 1.93. The fourth-order valence-electron chi connectivity index (χ4n) is 3.38. The molecule has 9 heteroatoms. The molecule has 0 N–H and O–H groups in total. The molecule has 9 nitrogen and oxygen atoms in total. The Labute approximate surface area is 144 Å². The Bertz CT molecular complexity index is 819. The molecule has 2 aromatic rings. The molecule has 0 spiro atoms. The van der Waals surface area contributed by atoms with E-state index in [1.54, 1.807) is 19.4 Å². The number of nitrogens with zero attached hydrogens (tertiary/aromatic N) is 5. The zero-order valence-electron chi connectivity index (χ0n) is 14.2. The van der Waals surface area contributed by atoms with Crippen LogP contribution in [0.1, 0.15) is 17.2 Å². The number of carbonyl (C=O) groups is 1. The summed E-state index contributed by atoms with van der Waals surface area (Å²) < 4.78 is 6.85. The minimum atomic E-state index is -0.469. The van der Waals surface area contributed by atoms with Crippen LogP contribution >= 0.6 is 0 Å². The molecule has 0 amide bonds. The molecule has 1 saturated heterocycles. The fourth-order valence-corrected chi connectivity index (χ4v) is 3.38. The van der Waals surface area contributed by atoms with Gasteiger partial charge in [0.25, 0.3) is 5.69 Å². The van der Waals surface area contributed by atoms with E-state index in [0.717, 1.165) is 5.69 Å². The van der Waals surface area contributed by atoms with E-state index in [1.807, 2.05) is 16.5 Å². The Morgan fingerprint density at radius 3 is 2.72 bits per heavy atom. The Morgan fingerprint density at radius 1 is 1.40 bits per heavy atom. The predicted octanol–water partition coefficient (Wildman–Crippen LogP) is 1.42. The van der Waals surface area contributed by atoms with Gasteiger partial charge in [-0.1, -0.05) is 0 Å². The fraction of sp³-hybridized carbons (Fsp3) is 0.438. The number of nitro groups is 1. The highest BCUT2D eigenvalue weighted by molar-refractivity contribution is 5.76. The third kappa shape index (κ3) is 3.04. The van der Waals surface area contributed by atoms with Crippen molar-refractivity contribution in [1.29, 1.82) is 0 Å². The van der Waals surface area contributed by atoms with Gasteiger partial charge < -0.3 is 14.2 Å². The minimum Gasteiger partial charge on any atom is -0.469 e. The maximum absolute atomic E-state index is 12.2. The van der Waals surface area contributed by atoms with Crippen LogP contribution in [0.25, 0.3) is 0 Å². The van der Waals surface area contributed by atoms with Crippen LogP contribution in [0.3, 0.4) is 0 Å². The number of hydrogen-bond acceptors (Lipinski definition) is 7. The summed E-state index contributed by atoms with van der Waals surface area (Å²) in [5, 5.41) is 10.9. The van der Waals surface area contributed by atoms with E-state index >= 15 is 0 Å². The first-order chi connectivity index (χ1) is 11.9. The van der Waals surface area contributed by atoms with Crippen LogP contribution < -0.4 is 4.90 Å². The van der Waals surface area contributed by atoms with E-state index in [4.69, 9.17) is 4.74 Å². The van der Waals surface area contributed by atoms with Crippen molar-refractivity contribution >= 4 is 17.5 Å². The monoisotopic (exact) mass is 345 g/mol. The van der Waals surface area contributed by atoms with Crippen molar-refractivity contribution in [2.45, 2.75) is 12.8 Å². The van der Waals surface area contributed by atoms with Crippen molar-refractivity contribution in [2.24, 2.45) is 13.0 Å². The van der Waals surface area contributed by atoms with Gasteiger partial charge in [-0.2, -0.15) is 0 Å². The molecule has 1 fully saturated rings. The van der Waals surface area contributed by atoms with E-state index in [-0.39, 0.29) is 23.5 Å². The summed E-state index contributed by atoms with van der Waals surface area (Å²) in [5.41, 5.74) is 1.59. The van der Waals surface area contributed by atoms with Crippen LogP contribution in [0.2, 0.25) is 0 Å². The van der Waals surface area contributed by atoms with Gasteiger partial charge in [0.15, 0.2) is 0 Å². The zero-order valence-corrected chi connectivity index (χ0v) is 14.2. The van der Waals surface area contributed by atoms with E-state index in [9.17, 15) is 14.9 Å². The highest BCUT2D eigenvalue weighted by Gasteiger charge is 2.41. The normalized spacial score (nSPS) is 19.9. The number of esters is 1. The second-order valence-corrected chi connectivity index (χ2v) is 6.16. The van der Waals surface area contributed by atoms with Crippen LogP contribution in [0.4, 0.5) is 11.5 Å². The van der Waals surface area contributed by atoms with Crippen LogP contribution in [0, 0.1) is 23.0 Å². The first-order valence-electron chi connectivity index (χ1n) is 7.82. The maximum Gasteiger partial charge on any atom is 0.311 e. The molecule has 0 aromatic carbocycles. The first kappa shape index (κ1) is 16.9. The average Bonchev–Trinajstić information content (AvgIpc) is 3.19. The molecule has 25 heavy (non-hydrogen) atoms. The van der Waals surface area contributed by atoms with Gasteiger partial charge in [0, 0.05) is 44.0 Å². The summed E-state index contributed by atoms with van der Waals surface area (Å²) >= 11 is 0. The van der Waals surface area contributed by atoms with Crippen molar-refractivity contribution in [3.05, 3.63) is 46.2 Å². The molecule has 0 saturated carbocycles. The highest BCUT2D eigenvalue weighted by atomic mass is 16.6. The predicted molar refractivity (Wildman–Crippen MR) is 89.3 cm³/mol. The van der Waals surface area contributed by atoms with Gasteiger partial charge in [0.1, 0.15) is 12.0 Å². The average molecular weight is 345 g/mol. The molecule has 1 aliphatic heterocycles. The molecule has 132 valence electrons. The van der Waals surface area contributed by atoms with E-state index < -0.39 is 4.92 Å². The lowest BCUT2D eigenvalue weighted by Gasteiger charge is -2.19. The van der Waals surface area contributed by atoms with E-state index in [1.165, 1.54) is 19.4 Å². The molecular formula is C16H19N5O4. The first-order valence-corrected chi connectivity index (χ1v) is 7.82. The number of carbonyl (C=O) groups excluding carboxylic acids is 1. The molecule has 0 bridgehead atoms. The van der Waals surface area contributed by atoms with Crippen molar-refractivity contribution in [1.82, 2.24) is 14.5 Å². The van der Waals surface area contributed by atoms with Crippen molar-refractivity contribution in [2.75, 3.05) is 25.1 Å². The van der Waals surface area contributed by atoms with Gasteiger partial charge in [-0.3, -0.25) is 14.9 Å². The van der Waals surface area contributed by atoms with Gasteiger partial charge in [0.05, 0.1) is 24.3 Å². The lowest BCUT2D eigenvalue weighted by atomic mass is 9.93. The molecule has 3 rings (SSSR count). The summed E-state index contributed by atoms with van der Waals surface area (Å²) in [5.74, 6) is -0.0782. The molecule has 2 aromatic heterocycles. The van der Waals surface area contributed by atoms with Crippen LogP contribution in [-0.4, -0.2) is 45.6 Å². The topological polar surface area (TPSA) is 103 Å². The van der Waals surface area contributed by atoms with Crippen LogP contribution in [0.5, 0.6) is 0 Å². The van der Waals surface area contributed by atoms with Crippen LogP contribution in [-0.2, 0) is 16.6 Å². The summed E-state index contributed by atoms with van der Waals surface area (Å²) in [6, 6.07) is 1.49. The molecule has 0 unspecified atom stereocenters. The van der Waals surface area contributed by atoms with Gasteiger partial charge in [0.2, 0.25) is 0 Å². The molecule has 1 aliphatic rings. The van der Waals surface area contributed by atoms with Gasteiger partial charge >= 0.3 is 5.97 Å². The van der Waals surface area contributed by atoms with E-state index in [2.05, 4.69) is 9.97 Å².